The molecule has 140 valence electrons. The van der Waals surface area contributed by atoms with Gasteiger partial charge >= 0.3 is 0 Å². The van der Waals surface area contributed by atoms with E-state index in [1.165, 1.54) is 6.33 Å². The van der Waals surface area contributed by atoms with Crippen molar-refractivity contribution in [3.63, 3.8) is 0 Å². The minimum atomic E-state index is -0.362. The van der Waals surface area contributed by atoms with Gasteiger partial charge in [-0.25, -0.2) is 9.97 Å². The molecule has 0 saturated carbocycles. The Hall–Kier alpha value is -3.41. The predicted molar refractivity (Wildman–Crippen MR) is 102 cm³/mol. The summed E-state index contributed by atoms with van der Waals surface area (Å²) in [6, 6.07) is 17.2. The lowest BCUT2D eigenvalue weighted by Crippen LogP contribution is -2.36. The Bertz CT molecular complexity index is 963. The van der Waals surface area contributed by atoms with Crippen molar-refractivity contribution in [2.24, 2.45) is 0 Å². The highest BCUT2D eigenvalue weighted by Gasteiger charge is 2.38. The van der Waals surface area contributed by atoms with Crippen molar-refractivity contribution in [3.05, 3.63) is 78.2 Å². The van der Waals surface area contributed by atoms with Gasteiger partial charge in [-0.2, -0.15) is 0 Å². The lowest BCUT2D eigenvalue weighted by molar-refractivity contribution is -0.131. The van der Waals surface area contributed by atoms with E-state index in [9.17, 15) is 4.79 Å². The summed E-state index contributed by atoms with van der Waals surface area (Å²) in [7, 11) is 0. The van der Waals surface area contributed by atoms with E-state index >= 15 is 0 Å². The van der Waals surface area contributed by atoms with E-state index < -0.39 is 0 Å². The number of amides is 1. The van der Waals surface area contributed by atoms with E-state index in [2.05, 4.69) is 9.97 Å². The minimum absolute atomic E-state index is 0.0656. The maximum Gasteiger partial charge on any atom is 0.234 e. The molecule has 0 radical (unpaired) electrons. The molecule has 3 aromatic rings. The maximum absolute atomic E-state index is 13.5. The Balaban J connectivity index is 1.40. The number of benzene rings is 2. The van der Waals surface area contributed by atoms with Crippen LogP contribution in [0.2, 0.25) is 0 Å². The molecule has 1 saturated heterocycles. The van der Waals surface area contributed by atoms with Crippen LogP contribution in [-0.2, 0) is 4.79 Å². The highest BCUT2D eigenvalue weighted by atomic mass is 16.5. The molecule has 0 spiro atoms. The van der Waals surface area contributed by atoms with Crippen LogP contribution in [0.5, 0.6) is 17.4 Å². The number of rotatable bonds is 3. The van der Waals surface area contributed by atoms with Crippen LogP contribution >= 0.6 is 0 Å². The number of fused-ring (bicyclic) bond motifs is 2. The summed E-state index contributed by atoms with van der Waals surface area (Å²) in [5.74, 6) is 1.74. The second-order valence-corrected chi connectivity index (χ2v) is 6.97. The second kappa shape index (κ2) is 6.96. The summed E-state index contributed by atoms with van der Waals surface area (Å²) < 4.78 is 11.9. The number of carbonyl (C=O) groups is 1. The number of hydrogen-bond donors (Lipinski definition) is 0. The maximum atomic E-state index is 13.5. The lowest BCUT2D eigenvalue weighted by atomic mass is 9.87. The summed E-state index contributed by atoms with van der Waals surface area (Å²) in [6.45, 7) is 1.21. The zero-order chi connectivity index (χ0) is 18.9. The molecule has 0 N–H and O–H groups in total. The fraction of sp³-hybridized carbons (Fsp3) is 0.227. The van der Waals surface area contributed by atoms with E-state index in [0.29, 0.717) is 19.0 Å². The van der Waals surface area contributed by atoms with Gasteiger partial charge in [0.25, 0.3) is 0 Å². The third-order valence-electron chi connectivity index (χ3n) is 5.23. The van der Waals surface area contributed by atoms with Gasteiger partial charge in [-0.3, -0.25) is 4.79 Å². The first-order chi connectivity index (χ1) is 13.8. The van der Waals surface area contributed by atoms with E-state index in [1.54, 1.807) is 12.3 Å². The summed E-state index contributed by atoms with van der Waals surface area (Å²) in [4.78, 5) is 23.4. The number of aromatic nitrogens is 2. The Morgan fingerprint density at radius 2 is 1.75 bits per heavy atom. The molecule has 1 fully saturated rings. The molecule has 0 unspecified atom stereocenters. The van der Waals surface area contributed by atoms with Gasteiger partial charge in [0.15, 0.2) is 0 Å². The lowest BCUT2D eigenvalue weighted by Gasteiger charge is -2.30. The van der Waals surface area contributed by atoms with Crippen LogP contribution < -0.4 is 9.47 Å². The SMILES string of the molecule is O=C(C1c2ccccc2Oc2ccccc21)N1CC[C@H](Oc2ccncn2)C1. The molecule has 5 rings (SSSR count). The molecule has 1 aromatic heterocycles. The van der Waals surface area contributed by atoms with E-state index in [1.807, 2.05) is 53.4 Å². The summed E-state index contributed by atoms with van der Waals surface area (Å²) >= 11 is 0. The molecule has 1 atom stereocenters. The summed E-state index contributed by atoms with van der Waals surface area (Å²) in [5, 5.41) is 0. The third kappa shape index (κ3) is 2.97. The van der Waals surface area contributed by atoms with Crippen LogP contribution in [-0.4, -0.2) is 40.0 Å². The predicted octanol–water partition coefficient (Wildman–Crippen LogP) is 3.39. The number of para-hydroxylation sites is 2. The van der Waals surface area contributed by atoms with Crippen LogP contribution in [0.25, 0.3) is 0 Å². The molecule has 3 heterocycles. The molecular weight excluding hydrogens is 354 g/mol. The molecule has 2 aliphatic heterocycles. The van der Waals surface area contributed by atoms with Crippen molar-refractivity contribution in [1.82, 2.24) is 14.9 Å². The molecular formula is C22H19N3O3. The van der Waals surface area contributed by atoms with Gasteiger partial charge < -0.3 is 14.4 Å². The monoisotopic (exact) mass is 373 g/mol. The Morgan fingerprint density at radius 1 is 1.04 bits per heavy atom. The van der Waals surface area contributed by atoms with E-state index in [-0.39, 0.29) is 17.9 Å². The fourth-order valence-electron chi connectivity index (χ4n) is 3.90. The van der Waals surface area contributed by atoms with Gasteiger partial charge in [0, 0.05) is 36.4 Å². The number of carbonyl (C=O) groups excluding carboxylic acids is 1. The average Bonchev–Trinajstić information content (AvgIpc) is 3.21. The van der Waals surface area contributed by atoms with Crippen molar-refractivity contribution in [1.29, 1.82) is 0 Å². The van der Waals surface area contributed by atoms with Gasteiger partial charge in [0.05, 0.1) is 12.5 Å². The second-order valence-electron chi connectivity index (χ2n) is 6.97. The first kappa shape index (κ1) is 16.7. The first-order valence-corrected chi connectivity index (χ1v) is 9.37. The largest absolute Gasteiger partial charge is 0.472 e. The Kier molecular flexibility index (Phi) is 4.16. The average molecular weight is 373 g/mol. The highest BCUT2D eigenvalue weighted by Crippen LogP contribution is 2.44. The zero-order valence-electron chi connectivity index (χ0n) is 15.2. The minimum Gasteiger partial charge on any atom is -0.472 e. The van der Waals surface area contributed by atoms with Gasteiger partial charge in [0.1, 0.15) is 23.9 Å². The molecule has 1 amide bonds. The Labute approximate surface area is 162 Å². The molecule has 6 heteroatoms. The van der Waals surface area contributed by atoms with Crippen molar-refractivity contribution in [2.45, 2.75) is 18.4 Å². The topological polar surface area (TPSA) is 64.5 Å². The molecule has 2 aliphatic rings. The molecule has 0 aliphatic carbocycles. The first-order valence-electron chi connectivity index (χ1n) is 9.37. The van der Waals surface area contributed by atoms with Gasteiger partial charge in [0.2, 0.25) is 11.8 Å². The van der Waals surface area contributed by atoms with E-state index in [4.69, 9.17) is 9.47 Å². The number of nitrogens with zero attached hydrogens (tertiary/aromatic N) is 3. The summed E-state index contributed by atoms with van der Waals surface area (Å²) in [6.07, 6.45) is 3.82. The molecule has 2 aromatic carbocycles. The zero-order valence-corrected chi connectivity index (χ0v) is 15.2. The van der Waals surface area contributed by atoms with Crippen LogP contribution in [0.1, 0.15) is 23.5 Å². The van der Waals surface area contributed by atoms with Gasteiger partial charge in [-0.05, 0) is 12.1 Å². The van der Waals surface area contributed by atoms with Gasteiger partial charge in [-0.15, -0.1) is 0 Å². The molecule has 28 heavy (non-hydrogen) atoms. The smallest absolute Gasteiger partial charge is 0.234 e. The Morgan fingerprint density at radius 3 is 2.43 bits per heavy atom. The van der Waals surface area contributed by atoms with Crippen molar-refractivity contribution in [2.75, 3.05) is 13.1 Å². The standard InChI is InChI=1S/C22H19N3O3/c26-22(25-12-10-15(13-25)27-20-9-11-23-14-24-20)21-16-5-1-3-7-18(16)28-19-8-4-2-6-17(19)21/h1-9,11,14-15,21H,10,12-13H2/t15-/m0/s1. The number of hydrogen-bond acceptors (Lipinski definition) is 5. The van der Waals surface area contributed by atoms with Crippen LogP contribution in [0.3, 0.4) is 0 Å². The van der Waals surface area contributed by atoms with Crippen LogP contribution in [0, 0.1) is 0 Å². The number of likely N-dealkylation sites (tertiary alicyclic amines) is 1. The number of ether oxygens (including phenoxy) is 2. The van der Waals surface area contributed by atoms with E-state index in [0.717, 1.165) is 29.0 Å². The quantitative estimate of drug-likeness (QED) is 0.704. The van der Waals surface area contributed by atoms with Crippen LogP contribution in [0.15, 0.2) is 67.1 Å². The highest BCUT2D eigenvalue weighted by molar-refractivity contribution is 5.90. The molecule has 0 bridgehead atoms. The molecule has 6 nitrogen and oxygen atoms in total. The third-order valence-corrected chi connectivity index (χ3v) is 5.23. The van der Waals surface area contributed by atoms with Crippen LogP contribution in [0.4, 0.5) is 0 Å². The van der Waals surface area contributed by atoms with Gasteiger partial charge in [-0.1, -0.05) is 36.4 Å². The normalized spacial score (nSPS) is 18.1. The fourth-order valence-corrected chi connectivity index (χ4v) is 3.90. The van der Waals surface area contributed by atoms with Crippen molar-refractivity contribution < 1.29 is 14.3 Å². The van der Waals surface area contributed by atoms with Crippen molar-refractivity contribution in [3.8, 4) is 17.4 Å². The van der Waals surface area contributed by atoms with Crippen molar-refractivity contribution >= 4 is 5.91 Å². The summed E-state index contributed by atoms with van der Waals surface area (Å²) in [5.41, 5.74) is 1.82.